The Morgan fingerprint density at radius 2 is 1.35 bits per heavy atom. The van der Waals surface area contributed by atoms with Crippen molar-refractivity contribution >= 4 is 18.4 Å². The van der Waals surface area contributed by atoms with Gasteiger partial charge in [0.25, 0.3) is 0 Å². The van der Waals surface area contributed by atoms with Gasteiger partial charge in [0.1, 0.15) is 0 Å². The topological polar surface area (TPSA) is 40.5 Å². The Balaban J connectivity index is 0.00000338. The van der Waals surface area contributed by atoms with Gasteiger partial charge in [0, 0.05) is 19.6 Å². The molecule has 3 nitrogen and oxygen atoms in total. The lowest BCUT2D eigenvalue weighted by Gasteiger charge is -2.25. The standard InChI is InChI=1S/C19H20F3NO2.ClH/c20-19(21,22)17(18(24)25)11-12-23(13-15-7-3-1-4-8-15)14-16-9-5-2-6-10-16;/h1-10,17H,11-14H2,(H,24,25);1H/t17-;/m1./s1. The summed E-state index contributed by atoms with van der Waals surface area (Å²) in [7, 11) is 0. The molecule has 0 aromatic heterocycles. The van der Waals surface area contributed by atoms with E-state index in [1.165, 1.54) is 0 Å². The number of rotatable bonds is 8. The molecule has 0 saturated carbocycles. The van der Waals surface area contributed by atoms with E-state index in [9.17, 15) is 18.0 Å². The summed E-state index contributed by atoms with van der Waals surface area (Å²) in [6, 6.07) is 18.8. The Hall–Kier alpha value is -2.05. The molecule has 0 radical (unpaired) electrons. The molecule has 0 saturated heterocycles. The smallest absolute Gasteiger partial charge is 0.402 e. The van der Waals surface area contributed by atoms with Gasteiger partial charge in [-0.25, -0.2) is 0 Å². The van der Waals surface area contributed by atoms with E-state index in [0.717, 1.165) is 11.1 Å². The summed E-state index contributed by atoms with van der Waals surface area (Å²) >= 11 is 0. The van der Waals surface area contributed by atoms with Crippen molar-refractivity contribution in [2.24, 2.45) is 5.92 Å². The number of aliphatic carboxylic acids is 1. The first-order chi connectivity index (χ1) is 11.9. The molecule has 0 aliphatic rings. The van der Waals surface area contributed by atoms with Crippen LogP contribution >= 0.6 is 12.4 Å². The largest absolute Gasteiger partial charge is 0.481 e. The molecule has 0 amide bonds. The van der Waals surface area contributed by atoms with Crippen molar-refractivity contribution in [3.05, 3.63) is 71.8 Å². The Kier molecular flexibility index (Phi) is 8.61. The highest BCUT2D eigenvalue weighted by molar-refractivity contribution is 5.85. The number of carboxylic acids is 1. The summed E-state index contributed by atoms with van der Waals surface area (Å²) < 4.78 is 38.6. The number of hydrogen-bond donors (Lipinski definition) is 1. The van der Waals surface area contributed by atoms with E-state index in [-0.39, 0.29) is 19.0 Å². The number of benzene rings is 2. The van der Waals surface area contributed by atoms with Crippen molar-refractivity contribution in [3.8, 4) is 0 Å². The summed E-state index contributed by atoms with van der Waals surface area (Å²) in [5, 5.41) is 8.86. The summed E-state index contributed by atoms with van der Waals surface area (Å²) in [6.45, 7) is 0.958. The molecule has 142 valence electrons. The van der Waals surface area contributed by atoms with Gasteiger partial charge in [0.15, 0.2) is 5.92 Å². The van der Waals surface area contributed by atoms with Crippen molar-refractivity contribution in [1.82, 2.24) is 4.90 Å². The Labute approximate surface area is 156 Å². The van der Waals surface area contributed by atoms with Crippen LogP contribution in [0.15, 0.2) is 60.7 Å². The number of nitrogens with zero attached hydrogens (tertiary/aromatic N) is 1. The average Bonchev–Trinajstić information content (AvgIpc) is 2.55. The first-order valence-electron chi connectivity index (χ1n) is 7.96. The fraction of sp³-hybridized carbons (Fsp3) is 0.316. The second kappa shape index (κ2) is 10.2. The number of hydrogen-bond acceptors (Lipinski definition) is 2. The van der Waals surface area contributed by atoms with Crippen LogP contribution < -0.4 is 0 Å². The van der Waals surface area contributed by atoms with Crippen LogP contribution in [0.25, 0.3) is 0 Å². The zero-order valence-corrected chi connectivity index (χ0v) is 14.8. The number of carboxylic acid groups (broad SMARTS) is 1. The number of alkyl halides is 3. The predicted octanol–water partition coefficient (Wildman–Crippen LogP) is 4.76. The van der Waals surface area contributed by atoms with Gasteiger partial charge in [-0.2, -0.15) is 13.2 Å². The predicted molar refractivity (Wildman–Crippen MR) is 96.0 cm³/mol. The van der Waals surface area contributed by atoms with Crippen LogP contribution in [-0.4, -0.2) is 28.7 Å². The van der Waals surface area contributed by atoms with Crippen LogP contribution in [0.4, 0.5) is 13.2 Å². The van der Waals surface area contributed by atoms with Crippen LogP contribution in [0.1, 0.15) is 17.5 Å². The number of halogens is 4. The molecule has 0 fully saturated rings. The van der Waals surface area contributed by atoms with E-state index >= 15 is 0 Å². The van der Waals surface area contributed by atoms with Crippen molar-refractivity contribution in [1.29, 1.82) is 0 Å². The molecule has 0 unspecified atom stereocenters. The summed E-state index contributed by atoms with van der Waals surface area (Å²) in [4.78, 5) is 12.8. The minimum absolute atomic E-state index is 0. The molecular formula is C19H21ClF3NO2. The second-order valence-electron chi connectivity index (χ2n) is 5.90. The highest BCUT2D eigenvalue weighted by Gasteiger charge is 2.44. The van der Waals surface area contributed by atoms with E-state index in [1.54, 1.807) is 0 Å². The lowest BCUT2D eigenvalue weighted by Crippen LogP contribution is -2.35. The van der Waals surface area contributed by atoms with Gasteiger partial charge in [0.05, 0.1) is 0 Å². The lowest BCUT2D eigenvalue weighted by atomic mass is 10.0. The molecule has 26 heavy (non-hydrogen) atoms. The minimum atomic E-state index is -4.74. The molecule has 2 rings (SSSR count). The van der Waals surface area contributed by atoms with E-state index < -0.39 is 24.5 Å². The third-order valence-corrected chi connectivity index (χ3v) is 3.93. The maximum atomic E-state index is 12.9. The Bertz CT molecular complexity index is 624. The summed E-state index contributed by atoms with van der Waals surface area (Å²) in [5.41, 5.74) is 1.94. The fourth-order valence-electron chi connectivity index (χ4n) is 2.64. The van der Waals surface area contributed by atoms with Crippen molar-refractivity contribution < 1.29 is 23.1 Å². The Morgan fingerprint density at radius 3 is 1.69 bits per heavy atom. The Morgan fingerprint density at radius 1 is 0.923 bits per heavy atom. The van der Waals surface area contributed by atoms with Crippen LogP contribution in [0.3, 0.4) is 0 Å². The van der Waals surface area contributed by atoms with Crippen molar-refractivity contribution in [3.63, 3.8) is 0 Å². The van der Waals surface area contributed by atoms with Crippen LogP contribution in [0.5, 0.6) is 0 Å². The van der Waals surface area contributed by atoms with Gasteiger partial charge in [-0.3, -0.25) is 9.69 Å². The lowest BCUT2D eigenvalue weighted by molar-refractivity contribution is -0.195. The minimum Gasteiger partial charge on any atom is -0.481 e. The maximum absolute atomic E-state index is 12.9. The zero-order valence-electron chi connectivity index (χ0n) is 14.0. The van der Waals surface area contributed by atoms with E-state index in [0.29, 0.717) is 13.1 Å². The summed E-state index contributed by atoms with van der Waals surface area (Å²) in [5.74, 6) is -4.17. The fourth-order valence-corrected chi connectivity index (χ4v) is 2.64. The first kappa shape index (κ1) is 22.0. The van der Waals surface area contributed by atoms with Crippen LogP contribution in [0.2, 0.25) is 0 Å². The first-order valence-corrected chi connectivity index (χ1v) is 7.96. The van der Waals surface area contributed by atoms with Crippen molar-refractivity contribution in [2.45, 2.75) is 25.7 Å². The van der Waals surface area contributed by atoms with Gasteiger partial charge in [-0.1, -0.05) is 60.7 Å². The molecule has 0 bridgehead atoms. The van der Waals surface area contributed by atoms with Gasteiger partial charge >= 0.3 is 12.1 Å². The SMILES string of the molecule is Cl.O=C(O)[C@@H](CCN(Cc1ccccc1)Cc1ccccc1)C(F)(F)F. The van der Waals surface area contributed by atoms with Crippen molar-refractivity contribution in [2.75, 3.05) is 6.54 Å². The third-order valence-electron chi connectivity index (χ3n) is 3.93. The van der Waals surface area contributed by atoms with Crippen LogP contribution in [-0.2, 0) is 17.9 Å². The second-order valence-corrected chi connectivity index (χ2v) is 5.90. The van der Waals surface area contributed by atoms with Crippen LogP contribution in [0, 0.1) is 5.92 Å². The molecule has 1 atom stereocenters. The molecule has 7 heteroatoms. The normalized spacial score (nSPS) is 12.5. The molecule has 0 spiro atoms. The van der Waals surface area contributed by atoms with E-state index in [2.05, 4.69) is 0 Å². The highest BCUT2D eigenvalue weighted by Crippen LogP contribution is 2.29. The zero-order chi connectivity index (χ0) is 18.3. The van der Waals surface area contributed by atoms with Gasteiger partial charge in [0.2, 0.25) is 0 Å². The molecular weight excluding hydrogens is 367 g/mol. The van der Waals surface area contributed by atoms with Gasteiger partial charge in [-0.05, 0) is 17.5 Å². The molecule has 2 aromatic rings. The monoisotopic (exact) mass is 387 g/mol. The molecule has 2 aromatic carbocycles. The third kappa shape index (κ3) is 7.06. The summed E-state index contributed by atoms with van der Waals surface area (Å²) in [6.07, 6.45) is -5.21. The molecule has 0 aliphatic heterocycles. The highest BCUT2D eigenvalue weighted by atomic mass is 35.5. The molecule has 1 N–H and O–H groups in total. The average molecular weight is 388 g/mol. The van der Waals surface area contributed by atoms with E-state index in [1.807, 2.05) is 65.6 Å². The molecule has 0 heterocycles. The molecule has 0 aliphatic carbocycles. The number of carbonyl (C=O) groups is 1. The quantitative estimate of drug-likeness (QED) is 0.709. The maximum Gasteiger partial charge on any atom is 0.402 e. The van der Waals surface area contributed by atoms with Gasteiger partial charge in [-0.15, -0.1) is 12.4 Å². The van der Waals surface area contributed by atoms with Gasteiger partial charge < -0.3 is 5.11 Å². The van der Waals surface area contributed by atoms with E-state index in [4.69, 9.17) is 5.11 Å².